The van der Waals surface area contributed by atoms with Crippen molar-refractivity contribution in [3.05, 3.63) is 52.3 Å². The van der Waals surface area contributed by atoms with Crippen molar-refractivity contribution < 1.29 is 28.4 Å². The van der Waals surface area contributed by atoms with Gasteiger partial charge in [0, 0.05) is 0 Å². The Morgan fingerprint density at radius 2 is 1.44 bits per heavy atom. The number of rotatable bonds is 4. The van der Waals surface area contributed by atoms with Gasteiger partial charge in [0.2, 0.25) is 0 Å². The molecular formula is C22H32BClO2Zr. The minimum atomic E-state index is -3.60. The van der Waals surface area contributed by atoms with E-state index < -0.39 is 19.1 Å². The van der Waals surface area contributed by atoms with Crippen molar-refractivity contribution in [1.29, 1.82) is 0 Å². The van der Waals surface area contributed by atoms with Gasteiger partial charge in [-0.1, -0.05) is 0 Å². The molecule has 0 atom stereocenters. The zero-order valence-corrected chi connectivity index (χ0v) is 20.9. The van der Waals surface area contributed by atoms with Gasteiger partial charge < -0.3 is 0 Å². The first-order chi connectivity index (χ1) is 12.4. The van der Waals surface area contributed by atoms with Crippen molar-refractivity contribution in [1.82, 2.24) is 0 Å². The zero-order chi connectivity index (χ0) is 20.1. The average molecular weight is 466 g/mol. The predicted octanol–water partition coefficient (Wildman–Crippen LogP) is 6.54. The Morgan fingerprint density at radius 1 is 1.00 bits per heavy atom. The predicted molar refractivity (Wildman–Crippen MR) is 113 cm³/mol. The molecule has 0 radical (unpaired) electrons. The van der Waals surface area contributed by atoms with Crippen LogP contribution in [0.25, 0.3) is 0 Å². The van der Waals surface area contributed by atoms with Crippen LogP contribution in [-0.4, -0.2) is 18.3 Å². The standard InChI is InChI=1S/C12H22BO2.2C5H5.ClH.Zr/c1-10(2,3)8-9-13-14-11(4,5)12(6,7)15-13;2*1-2-4-5-3-1;;/h8H,1-7H3;2*1-3H,4H2;1H;/q;;;;+1/p-1. The number of allylic oxidation sites excluding steroid dienone is 9. The summed E-state index contributed by atoms with van der Waals surface area (Å²) in [6, 6.07) is 0. The van der Waals surface area contributed by atoms with E-state index in [4.69, 9.17) is 17.8 Å². The molecule has 0 spiro atoms. The van der Waals surface area contributed by atoms with Gasteiger partial charge >= 0.3 is 174 Å². The SMILES string of the molecule is CC(C)(C)C=[C](B1OC(C)(C)C(C)(C)O1)[Zr]([Cl])([C]1=CC=CC1)[C]1=CC=CC1. The van der Waals surface area contributed by atoms with Crippen LogP contribution < -0.4 is 0 Å². The molecule has 2 nitrogen and oxygen atoms in total. The third-order valence-electron chi connectivity index (χ3n) is 5.92. The second-order valence-corrected chi connectivity index (χ2v) is 21.0. The molecule has 27 heavy (non-hydrogen) atoms. The van der Waals surface area contributed by atoms with Crippen molar-refractivity contribution in [2.75, 3.05) is 0 Å². The molecule has 1 aliphatic heterocycles. The summed E-state index contributed by atoms with van der Waals surface area (Å²) in [5.74, 6) is 0. The molecule has 3 aliphatic rings. The van der Waals surface area contributed by atoms with E-state index in [1.807, 2.05) is 0 Å². The van der Waals surface area contributed by atoms with E-state index >= 15 is 0 Å². The Hall–Kier alpha value is -0.142. The molecule has 0 N–H and O–H groups in total. The van der Waals surface area contributed by atoms with Crippen molar-refractivity contribution in [2.45, 2.75) is 72.5 Å². The average Bonchev–Trinajstić information content (AvgIpc) is 3.24. The first-order valence-electron chi connectivity index (χ1n) is 9.87. The third-order valence-corrected chi connectivity index (χ3v) is 19.1. The zero-order valence-electron chi connectivity index (χ0n) is 17.7. The molecule has 5 heteroatoms. The van der Waals surface area contributed by atoms with Crippen molar-refractivity contribution in [3.8, 4) is 0 Å². The van der Waals surface area contributed by atoms with Gasteiger partial charge in [-0.05, 0) is 0 Å². The molecule has 0 aromatic carbocycles. The quantitative estimate of drug-likeness (QED) is 0.439. The normalized spacial score (nSPS) is 24.6. The maximum atomic E-state index is 7.76. The summed E-state index contributed by atoms with van der Waals surface area (Å²) >= 11 is -3.60. The number of halogens is 1. The van der Waals surface area contributed by atoms with Crippen LogP contribution in [0.2, 0.25) is 0 Å². The van der Waals surface area contributed by atoms with Crippen LogP contribution in [0, 0.1) is 5.41 Å². The fraction of sp³-hybridized carbons (Fsp3) is 0.545. The number of hydrogen-bond acceptors (Lipinski definition) is 2. The molecule has 0 aromatic heterocycles. The summed E-state index contributed by atoms with van der Waals surface area (Å²) < 4.78 is 17.0. The Labute approximate surface area is 173 Å². The van der Waals surface area contributed by atoms with Crippen molar-refractivity contribution in [3.63, 3.8) is 0 Å². The molecule has 3 rings (SSSR count). The van der Waals surface area contributed by atoms with Crippen LogP contribution in [0.4, 0.5) is 0 Å². The second kappa shape index (κ2) is 7.28. The van der Waals surface area contributed by atoms with Gasteiger partial charge in [0.15, 0.2) is 0 Å². The third kappa shape index (κ3) is 4.11. The Balaban J connectivity index is 2.13. The van der Waals surface area contributed by atoms with E-state index in [1.165, 1.54) is 9.74 Å². The van der Waals surface area contributed by atoms with E-state index in [0.717, 1.165) is 12.8 Å². The first kappa shape index (κ1) is 21.6. The Kier molecular flexibility index (Phi) is 5.81. The molecule has 0 amide bonds. The molecule has 2 aliphatic carbocycles. The summed E-state index contributed by atoms with van der Waals surface area (Å²) in [6.45, 7) is 15.1. The molecule has 0 saturated carbocycles. The monoisotopic (exact) mass is 464 g/mol. The van der Waals surface area contributed by atoms with E-state index in [9.17, 15) is 0 Å². The summed E-state index contributed by atoms with van der Waals surface area (Å²) in [4.78, 5) is 0. The maximum absolute atomic E-state index is 7.76. The second-order valence-electron chi connectivity index (χ2n) is 9.86. The molecule has 0 unspecified atom stereocenters. The van der Waals surface area contributed by atoms with Crippen molar-refractivity contribution in [2.24, 2.45) is 5.41 Å². The minimum absolute atomic E-state index is 0.00479. The fourth-order valence-corrected chi connectivity index (χ4v) is 15.3. The van der Waals surface area contributed by atoms with Gasteiger partial charge in [-0.2, -0.15) is 0 Å². The van der Waals surface area contributed by atoms with E-state index in [1.54, 1.807) is 0 Å². The molecular weight excluding hydrogens is 434 g/mol. The first-order valence-corrected chi connectivity index (χ1v) is 16.7. The van der Waals surface area contributed by atoms with Crippen LogP contribution in [0.3, 0.4) is 0 Å². The summed E-state index contributed by atoms with van der Waals surface area (Å²) in [5.41, 5.74) is -0.749. The topological polar surface area (TPSA) is 18.5 Å². The van der Waals surface area contributed by atoms with Crippen LogP contribution in [-0.2, 0) is 28.4 Å². The molecule has 1 heterocycles. The molecule has 1 fully saturated rings. The van der Waals surface area contributed by atoms with Gasteiger partial charge in [0.05, 0.1) is 0 Å². The van der Waals surface area contributed by atoms with Gasteiger partial charge in [0.25, 0.3) is 0 Å². The van der Waals surface area contributed by atoms with Crippen LogP contribution in [0.1, 0.15) is 61.3 Å². The molecule has 0 bridgehead atoms. The van der Waals surface area contributed by atoms with E-state index in [2.05, 4.69) is 91.0 Å². The summed E-state index contributed by atoms with van der Waals surface area (Å²) in [6.07, 6.45) is 17.4. The van der Waals surface area contributed by atoms with Gasteiger partial charge in [0.1, 0.15) is 0 Å². The van der Waals surface area contributed by atoms with Gasteiger partial charge in [-0.25, -0.2) is 0 Å². The molecule has 1 saturated heterocycles. The van der Waals surface area contributed by atoms with Crippen molar-refractivity contribution >= 4 is 15.6 Å². The number of hydrogen-bond donors (Lipinski definition) is 0. The van der Waals surface area contributed by atoms with Crippen LogP contribution >= 0.6 is 8.51 Å². The van der Waals surface area contributed by atoms with Gasteiger partial charge in [-0.3, -0.25) is 0 Å². The summed E-state index contributed by atoms with van der Waals surface area (Å²) in [7, 11) is 7.37. The van der Waals surface area contributed by atoms with E-state index in [-0.39, 0.29) is 23.7 Å². The van der Waals surface area contributed by atoms with Crippen LogP contribution in [0.15, 0.2) is 52.3 Å². The fourth-order valence-electron chi connectivity index (χ4n) is 3.75. The summed E-state index contributed by atoms with van der Waals surface area (Å²) in [5, 5.41) is 0. The Bertz CT molecular complexity index is 720. The molecule has 0 aromatic rings. The van der Waals surface area contributed by atoms with Gasteiger partial charge in [-0.15, -0.1) is 0 Å². The Morgan fingerprint density at radius 3 is 1.78 bits per heavy atom. The molecule has 146 valence electrons. The van der Waals surface area contributed by atoms with E-state index in [0.29, 0.717) is 0 Å². The van der Waals surface area contributed by atoms with Crippen LogP contribution in [0.5, 0.6) is 0 Å².